The third-order valence-corrected chi connectivity index (χ3v) is 2.94. The Bertz CT molecular complexity index is 743. The molecule has 22 heavy (non-hydrogen) atoms. The molecule has 2 aromatic rings. The molecule has 0 unspecified atom stereocenters. The molecule has 5 nitrogen and oxygen atoms in total. The van der Waals surface area contributed by atoms with Crippen LogP contribution in [0.2, 0.25) is 0 Å². The Balaban J connectivity index is 2.20. The highest BCUT2D eigenvalue weighted by Crippen LogP contribution is 2.22. The minimum atomic E-state index is -0.584. The van der Waals surface area contributed by atoms with Crippen molar-refractivity contribution in [2.45, 2.75) is 0 Å². The van der Waals surface area contributed by atoms with E-state index in [9.17, 15) is 9.90 Å². The first-order chi connectivity index (χ1) is 10.6. The van der Waals surface area contributed by atoms with E-state index in [0.29, 0.717) is 11.3 Å². The van der Waals surface area contributed by atoms with E-state index >= 15 is 0 Å². The molecule has 0 aliphatic rings. The van der Waals surface area contributed by atoms with Gasteiger partial charge in [-0.15, -0.1) is 0 Å². The summed E-state index contributed by atoms with van der Waals surface area (Å²) in [5, 5.41) is 21.3. The van der Waals surface area contributed by atoms with E-state index in [1.807, 2.05) is 6.07 Å². The lowest BCUT2D eigenvalue weighted by molar-refractivity contribution is -0.112. The lowest BCUT2D eigenvalue weighted by Gasteiger charge is -2.06. The molecule has 1 amide bonds. The van der Waals surface area contributed by atoms with Crippen LogP contribution in [0.1, 0.15) is 5.56 Å². The molecule has 0 aromatic heterocycles. The molecule has 0 aliphatic heterocycles. The monoisotopic (exact) mass is 294 g/mol. The zero-order valence-electron chi connectivity index (χ0n) is 11.9. The van der Waals surface area contributed by atoms with Crippen LogP contribution in [0, 0.1) is 11.3 Å². The maximum absolute atomic E-state index is 12.1. The maximum atomic E-state index is 12.1. The molecule has 0 atom stereocenters. The van der Waals surface area contributed by atoms with E-state index in [-0.39, 0.29) is 17.0 Å². The Hall–Kier alpha value is -3.26. The molecule has 0 aliphatic carbocycles. The van der Waals surface area contributed by atoms with Gasteiger partial charge in [0.2, 0.25) is 0 Å². The van der Waals surface area contributed by atoms with Crippen molar-refractivity contribution < 1.29 is 14.6 Å². The molecule has 2 aromatic carbocycles. The lowest BCUT2D eigenvalue weighted by atomic mass is 10.1. The van der Waals surface area contributed by atoms with E-state index in [1.165, 1.54) is 12.1 Å². The van der Waals surface area contributed by atoms with Crippen LogP contribution < -0.4 is 10.1 Å². The van der Waals surface area contributed by atoms with Gasteiger partial charge in [-0.25, -0.2) is 0 Å². The Labute approximate surface area is 128 Å². The number of hydrogen-bond acceptors (Lipinski definition) is 4. The number of rotatable bonds is 4. The number of amides is 1. The first-order valence-corrected chi connectivity index (χ1v) is 6.49. The molecule has 0 spiro atoms. The van der Waals surface area contributed by atoms with E-state index in [4.69, 9.17) is 10.00 Å². The molecule has 0 bridgehead atoms. The largest absolute Gasteiger partial charge is 0.506 e. The predicted octanol–water partition coefficient (Wildman–Crippen LogP) is 2.95. The van der Waals surface area contributed by atoms with Crippen molar-refractivity contribution in [1.29, 1.82) is 5.26 Å². The molecular formula is C17H14N2O3. The first kappa shape index (κ1) is 15.1. The topological polar surface area (TPSA) is 82.3 Å². The number of phenolic OH excluding ortho intramolecular Hbond substituents is 1. The van der Waals surface area contributed by atoms with E-state index in [1.54, 1.807) is 49.6 Å². The quantitative estimate of drug-likeness (QED) is 0.516. The minimum absolute atomic E-state index is 0.0578. The van der Waals surface area contributed by atoms with Gasteiger partial charge in [0.15, 0.2) is 0 Å². The molecule has 2 rings (SSSR count). The number of methoxy groups -OCH3 is 1. The van der Waals surface area contributed by atoms with Crippen LogP contribution in [0.25, 0.3) is 6.08 Å². The van der Waals surface area contributed by atoms with Crippen LogP contribution >= 0.6 is 0 Å². The number of nitrogens with one attached hydrogen (secondary N) is 1. The highest BCUT2D eigenvalue weighted by molar-refractivity contribution is 6.10. The number of carbonyl (C=O) groups is 1. The van der Waals surface area contributed by atoms with Gasteiger partial charge in [0.05, 0.1) is 12.8 Å². The normalized spacial score (nSPS) is 10.6. The second kappa shape index (κ2) is 6.95. The van der Waals surface area contributed by atoms with Crippen LogP contribution in [-0.4, -0.2) is 18.1 Å². The van der Waals surface area contributed by atoms with Gasteiger partial charge in [-0.05, 0) is 35.9 Å². The standard InChI is InChI=1S/C17H14N2O3/c1-22-14-8-6-12(7-9-14)10-13(11-18)17(21)19-15-4-2-3-5-16(15)20/h2-10,20H,1H3,(H,19,21)/b13-10+. The highest BCUT2D eigenvalue weighted by atomic mass is 16.5. The number of anilines is 1. The number of nitriles is 1. The number of carbonyl (C=O) groups excluding carboxylic acids is 1. The molecule has 0 saturated heterocycles. The van der Waals surface area contributed by atoms with Crippen molar-refractivity contribution in [2.75, 3.05) is 12.4 Å². The second-order valence-corrected chi connectivity index (χ2v) is 4.41. The van der Waals surface area contributed by atoms with Crippen molar-refractivity contribution in [3.63, 3.8) is 0 Å². The molecule has 0 heterocycles. The maximum Gasteiger partial charge on any atom is 0.266 e. The van der Waals surface area contributed by atoms with Gasteiger partial charge in [0.1, 0.15) is 23.1 Å². The highest BCUT2D eigenvalue weighted by Gasteiger charge is 2.11. The number of aromatic hydroxyl groups is 1. The Morgan fingerprint density at radius 3 is 2.50 bits per heavy atom. The zero-order valence-corrected chi connectivity index (χ0v) is 11.9. The second-order valence-electron chi connectivity index (χ2n) is 4.41. The van der Waals surface area contributed by atoms with E-state index in [0.717, 1.165) is 0 Å². The van der Waals surface area contributed by atoms with Gasteiger partial charge >= 0.3 is 0 Å². The first-order valence-electron chi connectivity index (χ1n) is 6.49. The number of benzene rings is 2. The summed E-state index contributed by atoms with van der Waals surface area (Å²) in [7, 11) is 1.56. The fraction of sp³-hybridized carbons (Fsp3) is 0.0588. The van der Waals surface area contributed by atoms with Crippen LogP contribution in [0.5, 0.6) is 11.5 Å². The summed E-state index contributed by atoms with van der Waals surface area (Å²) in [6.07, 6.45) is 1.47. The molecular weight excluding hydrogens is 280 g/mol. The van der Waals surface area contributed by atoms with Crippen molar-refractivity contribution in [1.82, 2.24) is 0 Å². The average Bonchev–Trinajstić information content (AvgIpc) is 2.55. The third kappa shape index (κ3) is 3.64. The summed E-state index contributed by atoms with van der Waals surface area (Å²) >= 11 is 0. The van der Waals surface area contributed by atoms with Crippen molar-refractivity contribution in [3.8, 4) is 17.6 Å². The summed E-state index contributed by atoms with van der Waals surface area (Å²) in [5.41, 5.74) is 0.890. The third-order valence-electron chi connectivity index (χ3n) is 2.94. The molecule has 2 N–H and O–H groups in total. The average molecular weight is 294 g/mol. The Morgan fingerprint density at radius 2 is 1.91 bits per heavy atom. The van der Waals surface area contributed by atoms with Gasteiger partial charge in [-0.2, -0.15) is 5.26 Å². The molecule has 0 saturated carbocycles. The van der Waals surface area contributed by atoms with Gasteiger partial charge in [-0.1, -0.05) is 24.3 Å². The lowest BCUT2D eigenvalue weighted by Crippen LogP contribution is -2.13. The van der Waals surface area contributed by atoms with Crippen molar-refractivity contribution in [3.05, 3.63) is 59.7 Å². The zero-order chi connectivity index (χ0) is 15.9. The fourth-order valence-corrected chi connectivity index (χ4v) is 1.78. The van der Waals surface area contributed by atoms with Crippen molar-refractivity contribution >= 4 is 17.7 Å². The summed E-state index contributed by atoms with van der Waals surface area (Å²) in [6, 6.07) is 15.1. The molecule has 110 valence electrons. The van der Waals surface area contributed by atoms with Crippen LogP contribution in [0.4, 0.5) is 5.69 Å². The minimum Gasteiger partial charge on any atom is -0.506 e. The molecule has 5 heteroatoms. The van der Waals surface area contributed by atoms with Gasteiger partial charge in [0, 0.05) is 0 Å². The van der Waals surface area contributed by atoms with Crippen LogP contribution in [-0.2, 0) is 4.79 Å². The fourth-order valence-electron chi connectivity index (χ4n) is 1.78. The number of ether oxygens (including phenoxy) is 1. The van der Waals surface area contributed by atoms with Crippen LogP contribution in [0.3, 0.4) is 0 Å². The molecule has 0 fully saturated rings. The number of phenols is 1. The number of para-hydroxylation sites is 2. The smallest absolute Gasteiger partial charge is 0.266 e. The van der Waals surface area contributed by atoms with Crippen molar-refractivity contribution in [2.24, 2.45) is 0 Å². The number of nitrogens with zero attached hydrogens (tertiary/aromatic N) is 1. The summed E-state index contributed by atoms with van der Waals surface area (Å²) in [4.78, 5) is 12.1. The van der Waals surface area contributed by atoms with E-state index in [2.05, 4.69) is 5.32 Å². The summed E-state index contributed by atoms with van der Waals surface area (Å²) in [6.45, 7) is 0. The summed E-state index contributed by atoms with van der Waals surface area (Å²) in [5.74, 6) is 0.0479. The summed E-state index contributed by atoms with van der Waals surface area (Å²) < 4.78 is 5.05. The SMILES string of the molecule is COc1ccc(/C=C(\C#N)C(=O)Nc2ccccc2O)cc1. The van der Waals surface area contributed by atoms with Gasteiger partial charge < -0.3 is 15.2 Å². The van der Waals surface area contributed by atoms with Crippen LogP contribution in [0.15, 0.2) is 54.1 Å². The van der Waals surface area contributed by atoms with E-state index < -0.39 is 5.91 Å². The van der Waals surface area contributed by atoms with Gasteiger partial charge in [0.25, 0.3) is 5.91 Å². The molecule has 0 radical (unpaired) electrons. The Kier molecular flexibility index (Phi) is 4.78. The van der Waals surface area contributed by atoms with Gasteiger partial charge in [-0.3, -0.25) is 4.79 Å². The Morgan fingerprint density at radius 1 is 1.23 bits per heavy atom. The predicted molar refractivity (Wildman–Crippen MR) is 83.3 cm³/mol. The number of hydrogen-bond donors (Lipinski definition) is 2.